The van der Waals surface area contributed by atoms with Gasteiger partial charge >= 0.3 is 6.11 Å². The van der Waals surface area contributed by atoms with Crippen molar-refractivity contribution in [3.05, 3.63) is 64.7 Å². The molecule has 1 fully saturated rings. The molecule has 0 spiro atoms. The minimum atomic E-state index is -4.18. The topological polar surface area (TPSA) is 9.23 Å². The molecule has 0 saturated heterocycles. The van der Waals surface area contributed by atoms with Gasteiger partial charge in [0.2, 0.25) is 0 Å². The van der Waals surface area contributed by atoms with Crippen molar-refractivity contribution in [1.29, 1.82) is 0 Å². The first-order valence-corrected chi connectivity index (χ1v) is 9.72. The summed E-state index contributed by atoms with van der Waals surface area (Å²) in [5.74, 6) is -6.48. The molecule has 0 radical (unpaired) electrons. The van der Waals surface area contributed by atoms with E-state index in [1.165, 1.54) is 6.07 Å². The van der Waals surface area contributed by atoms with Crippen LogP contribution in [-0.2, 0) is 6.11 Å². The van der Waals surface area contributed by atoms with Gasteiger partial charge in [0.15, 0.2) is 17.5 Å². The van der Waals surface area contributed by atoms with E-state index in [0.29, 0.717) is 11.5 Å². The molecule has 0 unspecified atom stereocenters. The molecule has 1 saturated carbocycles. The Labute approximate surface area is 165 Å². The molecule has 3 rings (SSSR count). The van der Waals surface area contributed by atoms with E-state index in [-0.39, 0.29) is 18.1 Å². The maximum Gasteiger partial charge on any atom is 0.429 e. The Bertz CT molecular complexity index is 835. The SMILES string of the molecule is CCCC1CCC(c2ccc(C(F)(F)Oc3cc(F)c(F)c(F)c3)c(F)c2)CC1. The Morgan fingerprint density at radius 1 is 0.897 bits per heavy atom. The normalized spacial score (nSPS) is 20.0. The molecule has 0 bridgehead atoms. The molecule has 1 aliphatic rings. The van der Waals surface area contributed by atoms with Gasteiger partial charge in [0.25, 0.3) is 0 Å². The molecule has 29 heavy (non-hydrogen) atoms. The second kappa shape index (κ2) is 8.67. The average molecular weight is 416 g/mol. The Kier molecular flexibility index (Phi) is 6.44. The molecule has 1 aliphatic carbocycles. The smallest absolute Gasteiger partial charge is 0.429 e. The van der Waals surface area contributed by atoms with Crippen molar-refractivity contribution in [1.82, 2.24) is 0 Å². The van der Waals surface area contributed by atoms with Gasteiger partial charge in [-0.1, -0.05) is 25.8 Å². The molecular weight excluding hydrogens is 394 g/mol. The summed E-state index contributed by atoms with van der Waals surface area (Å²) in [6, 6.07) is 4.01. The van der Waals surface area contributed by atoms with Gasteiger partial charge in [-0.25, -0.2) is 17.6 Å². The van der Waals surface area contributed by atoms with Crippen LogP contribution in [0.25, 0.3) is 0 Å². The van der Waals surface area contributed by atoms with Gasteiger partial charge in [0.05, 0.1) is 5.56 Å². The fraction of sp³-hybridized carbons (Fsp3) is 0.455. The Morgan fingerprint density at radius 3 is 2.07 bits per heavy atom. The summed E-state index contributed by atoms with van der Waals surface area (Å²) in [5, 5.41) is 0. The lowest BCUT2D eigenvalue weighted by Crippen LogP contribution is -2.24. The molecule has 7 heteroatoms. The summed E-state index contributed by atoms with van der Waals surface area (Å²) in [6.07, 6.45) is 1.92. The quantitative estimate of drug-likeness (QED) is 0.351. The minimum absolute atomic E-state index is 0.112. The van der Waals surface area contributed by atoms with E-state index >= 15 is 0 Å². The second-order valence-electron chi connectivity index (χ2n) is 7.57. The molecule has 2 aromatic rings. The molecule has 0 heterocycles. The van der Waals surface area contributed by atoms with Gasteiger partial charge in [-0.15, -0.1) is 0 Å². The zero-order valence-corrected chi connectivity index (χ0v) is 16.0. The number of hydrogen-bond donors (Lipinski definition) is 0. The standard InChI is InChI=1S/C22H22F6O/c1-2-3-13-4-6-14(7-5-13)15-8-9-17(18(23)10-15)22(27,28)29-16-11-19(24)21(26)20(25)12-16/h8-14H,2-7H2,1H3. The number of hydrogen-bond acceptors (Lipinski definition) is 1. The highest BCUT2D eigenvalue weighted by atomic mass is 19.3. The molecule has 0 atom stereocenters. The third-order valence-electron chi connectivity index (χ3n) is 5.53. The number of ether oxygens (including phenoxy) is 1. The summed E-state index contributed by atoms with van der Waals surface area (Å²) in [4.78, 5) is 0. The summed E-state index contributed by atoms with van der Waals surface area (Å²) >= 11 is 0. The lowest BCUT2D eigenvalue weighted by Gasteiger charge is -2.29. The van der Waals surface area contributed by atoms with Crippen LogP contribution < -0.4 is 4.74 Å². The van der Waals surface area contributed by atoms with Crippen molar-refractivity contribution in [3.63, 3.8) is 0 Å². The zero-order valence-electron chi connectivity index (χ0n) is 16.0. The average Bonchev–Trinajstić information content (AvgIpc) is 2.66. The van der Waals surface area contributed by atoms with Crippen LogP contribution in [0.15, 0.2) is 30.3 Å². The van der Waals surface area contributed by atoms with E-state index in [9.17, 15) is 26.3 Å². The van der Waals surface area contributed by atoms with Gasteiger partial charge in [-0.3, -0.25) is 0 Å². The maximum absolute atomic E-state index is 14.5. The first-order chi connectivity index (χ1) is 13.7. The lowest BCUT2D eigenvalue weighted by molar-refractivity contribution is -0.187. The van der Waals surface area contributed by atoms with Crippen LogP contribution in [0.4, 0.5) is 26.3 Å². The minimum Gasteiger partial charge on any atom is -0.429 e. The highest BCUT2D eigenvalue weighted by Gasteiger charge is 2.38. The summed E-state index contributed by atoms with van der Waals surface area (Å²) < 4.78 is 86.9. The van der Waals surface area contributed by atoms with Crippen molar-refractivity contribution in [2.24, 2.45) is 5.92 Å². The van der Waals surface area contributed by atoms with Crippen LogP contribution in [0.3, 0.4) is 0 Å². The van der Waals surface area contributed by atoms with Crippen molar-refractivity contribution in [2.75, 3.05) is 0 Å². The molecule has 0 amide bonds. The maximum atomic E-state index is 14.5. The Morgan fingerprint density at radius 2 is 1.52 bits per heavy atom. The number of rotatable bonds is 6. The monoisotopic (exact) mass is 416 g/mol. The molecule has 0 aromatic heterocycles. The number of halogens is 6. The van der Waals surface area contributed by atoms with Crippen molar-refractivity contribution in [2.45, 2.75) is 57.5 Å². The van der Waals surface area contributed by atoms with Crippen LogP contribution in [0.1, 0.15) is 62.5 Å². The van der Waals surface area contributed by atoms with Gasteiger partial charge in [0, 0.05) is 12.1 Å². The van der Waals surface area contributed by atoms with Gasteiger partial charge in [0.1, 0.15) is 11.6 Å². The fourth-order valence-electron chi connectivity index (χ4n) is 4.01. The molecule has 0 N–H and O–H groups in total. The van der Waals surface area contributed by atoms with Gasteiger partial charge in [-0.2, -0.15) is 8.78 Å². The summed E-state index contributed by atoms with van der Waals surface area (Å²) in [7, 11) is 0. The molecular formula is C22H22F6O. The van der Waals surface area contributed by atoms with E-state index in [1.54, 1.807) is 0 Å². The van der Waals surface area contributed by atoms with E-state index in [4.69, 9.17) is 0 Å². The highest BCUT2D eigenvalue weighted by Crippen LogP contribution is 2.40. The largest absolute Gasteiger partial charge is 0.429 e. The van der Waals surface area contributed by atoms with Crippen molar-refractivity contribution < 1.29 is 31.1 Å². The highest BCUT2D eigenvalue weighted by molar-refractivity contribution is 5.31. The fourth-order valence-corrected chi connectivity index (χ4v) is 4.01. The van der Waals surface area contributed by atoms with Crippen LogP contribution in [0.5, 0.6) is 5.75 Å². The molecule has 158 valence electrons. The molecule has 2 aromatic carbocycles. The Hall–Kier alpha value is -2.18. The van der Waals surface area contributed by atoms with Crippen molar-refractivity contribution in [3.8, 4) is 5.75 Å². The van der Waals surface area contributed by atoms with Crippen molar-refractivity contribution >= 4 is 0 Å². The van der Waals surface area contributed by atoms with Crippen LogP contribution >= 0.6 is 0 Å². The van der Waals surface area contributed by atoms with E-state index in [1.807, 2.05) is 0 Å². The second-order valence-corrected chi connectivity index (χ2v) is 7.57. The van der Waals surface area contributed by atoms with Crippen LogP contribution in [0.2, 0.25) is 0 Å². The predicted molar refractivity (Wildman–Crippen MR) is 96.8 cm³/mol. The summed E-state index contributed by atoms with van der Waals surface area (Å²) in [6.45, 7) is 2.14. The first-order valence-electron chi connectivity index (χ1n) is 9.72. The van der Waals surface area contributed by atoms with E-state index in [0.717, 1.165) is 50.7 Å². The third kappa shape index (κ3) is 4.87. The van der Waals surface area contributed by atoms with Crippen LogP contribution in [-0.4, -0.2) is 0 Å². The molecule has 1 nitrogen and oxygen atoms in total. The number of benzene rings is 2. The van der Waals surface area contributed by atoms with Gasteiger partial charge in [-0.05, 0) is 55.2 Å². The Balaban J connectivity index is 1.75. The zero-order chi connectivity index (χ0) is 21.2. The van der Waals surface area contributed by atoms with Crippen LogP contribution in [0, 0.1) is 29.2 Å². The lowest BCUT2D eigenvalue weighted by atomic mass is 9.77. The first kappa shape index (κ1) is 21.5. The predicted octanol–water partition coefficient (Wildman–Crippen LogP) is 7.45. The van der Waals surface area contributed by atoms with Gasteiger partial charge < -0.3 is 4.74 Å². The van der Waals surface area contributed by atoms with E-state index in [2.05, 4.69) is 11.7 Å². The third-order valence-corrected chi connectivity index (χ3v) is 5.53. The van der Waals surface area contributed by atoms with E-state index < -0.39 is 40.7 Å². The summed E-state index contributed by atoms with van der Waals surface area (Å²) in [5.41, 5.74) is -0.401. The number of alkyl halides is 2. The molecule has 0 aliphatic heterocycles.